The Morgan fingerprint density at radius 1 is 1.08 bits per heavy atom. The fraction of sp³-hybridized carbons (Fsp3) is 0.294. The van der Waals surface area contributed by atoms with Crippen LogP contribution < -0.4 is 10.2 Å². The highest BCUT2D eigenvalue weighted by Crippen LogP contribution is 2.18. The van der Waals surface area contributed by atoms with Crippen molar-refractivity contribution >= 4 is 17.5 Å². The summed E-state index contributed by atoms with van der Waals surface area (Å²) in [5.74, 6) is 0.480. The van der Waals surface area contributed by atoms with Crippen LogP contribution in [-0.4, -0.2) is 52.3 Å². The number of anilines is 2. The Balaban J connectivity index is 1.54. The third-order valence-electron chi connectivity index (χ3n) is 4.03. The molecule has 1 aliphatic heterocycles. The molecule has 3 N–H and O–H groups in total. The number of aromatic nitrogens is 1. The van der Waals surface area contributed by atoms with Crippen molar-refractivity contribution in [2.75, 3.05) is 36.4 Å². The van der Waals surface area contributed by atoms with Crippen LogP contribution in [0.1, 0.15) is 5.56 Å². The summed E-state index contributed by atoms with van der Waals surface area (Å²) < 4.78 is 0. The average Bonchev–Trinajstić information content (AvgIpc) is 2.64. The van der Waals surface area contributed by atoms with Gasteiger partial charge in [0.05, 0.1) is 12.8 Å². The number of nitrogens with one attached hydrogen (secondary N) is 1. The topological polar surface area (TPSA) is 88.9 Å². The summed E-state index contributed by atoms with van der Waals surface area (Å²) in [4.78, 5) is 20.2. The number of carbonyl (C=O) groups excluding carboxylic acids is 1. The molecule has 0 spiro atoms. The summed E-state index contributed by atoms with van der Waals surface area (Å²) in [5.41, 5.74) is 1.98. The number of pyridine rings is 1. The Bertz CT molecular complexity index is 680. The lowest BCUT2D eigenvalue weighted by molar-refractivity contribution is 0.208. The van der Waals surface area contributed by atoms with Gasteiger partial charge >= 0.3 is 6.03 Å². The second kappa shape index (κ2) is 7.18. The second-order valence-corrected chi connectivity index (χ2v) is 5.63. The van der Waals surface area contributed by atoms with Gasteiger partial charge in [-0.15, -0.1) is 0 Å². The van der Waals surface area contributed by atoms with Crippen LogP contribution in [0.5, 0.6) is 5.75 Å². The van der Waals surface area contributed by atoms with Gasteiger partial charge in [0.15, 0.2) is 0 Å². The number of aliphatic hydroxyl groups is 1. The highest BCUT2D eigenvalue weighted by Gasteiger charge is 2.21. The van der Waals surface area contributed by atoms with E-state index in [0.717, 1.165) is 24.3 Å². The standard InChI is InChI=1S/C17H20N4O3/c22-12-13-1-3-14(4-2-13)20-7-9-21(10-8-20)17(24)19-16-6-5-15(23)11-18-16/h1-6,11,22-23H,7-10,12H2,(H,18,19,24). The average molecular weight is 328 g/mol. The van der Waals surface area contributed by atoms with Crippen molar-refractivity contribution in [2.24, 2.45) is 0 Å². The Hall–Kier alpha value is -2.80. The summed E-state index contributed by atoms with van der Waals surface area (Å²) in [6, 6.07) is 10.6. The van der Waals surface area contributed by atoms with Crippen LogP contribution in [0.25, 0.3) is 0 Å². The lowest BCUT2D eigenvalue weighted by Gasteiger charge is -2.36. The highest BCUT2D eigenvalue weighted by atomic mass is 16.3. The summed E-state index contributed by atoms with van der Waals surface area (Å²) in [7, 11) is 0. The van der Waals surface area contributed by atoms with E-state index < -0.39 is 0 Å². The molecule has 0 bridgehead atoms. The number of aromatic hydroxyl groups is 1. The quantitative estimate of drug-likeness (QED) is 0.797. The van der Waals surface area contributed by atoms with Crippen LogP contribution in [0.3, 0.4) is 0 Å². The summed E-state index contributed by atoms with van der Waals surface area (Å²) in [6.07, 6.45) is 1.30. The van der Waals surface area contributed by atoms with Gasteiger partial charge < -0.3 is 20.0 Å². The molecule has 126 valence electrons. The predicted molar refractivity (Wildman–Crippen MR) is 91.1 cm³/mol. The predicted octanol–water partition coefficient (Wildman–Crippen LogP) is 1.63. The molecule has 24 heavy (non-hydrogen) atoms. The van der Waals surface area contributed by atoms with E-state index in [1.54, 1.807) is 11.0 Å². The molecule has 0 radical (unpaired) electrons. The van der Waals surface area contributed by atoms with E-state index in [4.69, 9.17) is 5.11 Å². The number of aliphatic hydroxyl groups excluding tert-OH is 1. The zero-order valence-corrected chi connectivity index (χ0v) is 13.2. The molecule has 2 aromatic rings. The third-order valence-corrected chi connectivity index (χ3v) is 4.03. The minimum Gasteiger partial charge on any atom is -0.506 e. The SMILES string of the molecule is O=C(Nc1ccc(O)cn1)N1CCN(c2ccc(CO)cc2)CC1. The van der Waals surface area contributed by atoms with Gasteiger partial charge in [0.25, 0.3) is 0 Å². The van der Waals surface area contributed by atoms with Gasteiger partial charge in [-0.25, -0.2) is 9.78 Å². The van der Waals surface area contributed by atoms with Crippen molar-refractivity contribution in [3.8, 4) is 5.75 Å². The lowest BCUT2D eigenvalue weighted by Crippen LogP contribution is -2.50. The van der Waals surface area contributed by atoms with E-state index in [-0.39, 0.29) is 18.4 Å². The Morgan fingerprint density at radius 2 is 1.79 bits per heavy atom. The number of piperazine rings is 1. The molecule has 0 saturated carbocycles. The maximum absolute atomic E-state index is 12.2. The summed E-state index contributed by atoms with van der Waals surface area (Å²) in [5, 5.41) is 21.0. The minimum atomic E-state index is -0.191. The maximum atomic E-state index is 12.2. The third kappa shape index (κ3) is 3.75. The van der Waals surface area contributed by atoms with Gasteiger partial charge in [-0.1, -0.05) is 12.1 Å². The molecular weight excluding hydrogens is 308 g/mol. The second-order valence-electron chi connectivity index (χ2n) is 5.63. The molecule has 7 nitrogen and oxygen atoms in total. The van der Waals surface area contributed by atoms with Gasteiger partial charge in [0, 0.05) is 31.9 Å². The number of benzene rings is 1. The first-order valence-corrected chi connectivity index (χ1v) is 7.81. The zero-order chi connectivity index (χ0) is 16.9. The van der Waals surface area contributed by atoms with Crippen molar-refractivity contribution in [3.63, 3.8) is 0 Å². The molecule has 1 fully saturated rings. The molecule has 1 aliphatic rings. The van der Waals surface area contributed by atoms with Gasteiger partial charge in [-0.3, -0.25) is 5.32 Å². The molecule has 1 aromatic carbocycles. The lowest BCUT2D eigenvalue weighted by atomic mass is 10.2. The van der Waals surface area contributed by atoms with Crippen molar-refractivity contribution in [1.29, 1.82) is 0 Å². The van der Waals surface area contributed by atoms with E-state index in [2.05, 4.69) is 15.2 Å². The largest absolute Gasteiger partial charge is 0.506 e. The molecular formula is C17H20N4O3. The number of nitrogens with zero attached hydrogens (tertiary/aromatic N) is 3. The van der Waals surface area contributed by atoms with Crippen LogP contribution in [-0.2, 0) is 6.61 Å². The van der Waals surface area contributed by atoms with E-state index in [1.807, 2.05) is 24.3 Å². The highest BCUT2D eigenvalue weighted by molar-refractivity contribution is 5.88. The fourth-order valence-corrected chi connectivity index (χ4v) is 2.63. The molecule has 0 unspecified atom stereocenters. The van der Waals surface area contributed by atoms with E-state index in [1.165, 1.54) is 12.3 Å². The molecule has 2 heterocycles. The Labute approximate surface area is 140 Å². The molecule has 1 aromatic heterocycles. The smallest absolute Gasteiger partial charge is 0.323 e. The van der Waals surface area contributed by atoms with E-state index in [0.29, 0.717) is 18.9 Å². The normalized spacial score (nSPS) is 14.5. The van der Waals surface area contributed by atoms with Gasteiger partial charge in [0.2, 0.25) is 0 Å². The van der Waals surface area contributed by atoms with Crippen molar-refractivity contribution in [1.82, 2.24) is 9.88 Å². The van der Waals surface area contributed by atoms with E-state index in [9.17, 15) is 9.90 Å². The molecule has 3 rings (SSSR count). The molecule has 7 heteroatoms. The van der Waals surface area contributed by atoms with Crippen molar-refractivity contribution in [3.05, 3.63) is 48.2 Å². The number of amides is 2. The molecule has 2 amide bonds. The zero-order valence-electron chi connectivity index (χ0n) is 13.2. The van der Waals surface area contributed by atoms with E-state index >= 15 is 0 Å². The monoisotopic (exact) mass is 328 g/mol. The number of rotatable bonds is 3. The van der Waals surface area contributed by atoms with Crippen molar-refractivity contribution in [2.45, 2.75) is 6.61 Å². The number of urea groups is 1. The summed E-state index contributed by atoms with van der Waals surface area (Å²) in [6.45, 7) is 2.76. The number of hydrogen-bond donors (Lipinski definition) is 3. The van der Waals surface area contributed by atoms with Crippen LogP contribution in [0.2, 0.25) is 0 Å². The van der Waals surface area contributed by atoms with Gasteiger partial charge in [-0.05, 0) is 29.8 Å². The van der Waals surface area contributed by atoms with Crippen LogP contribution in [0.4, 0.5) is 16.3 Å². The van der Waals surface area contributed by atoms with Gasteiger partial charge in [0.1, 0.15) is 11.6 Å². The summed E-state index contributed by atoms with van der Waals surface area (Å²) >= 11 is 0. The van der Waals surface area contributed by atoms with Crippen LogP contribution in [0.15, 0.2) is 42.6 Å². The van der Waals surface area contributed by atoms with Crippen molar-refractivity contribution < 1.29 is 15.0 Å². The van der Waals surface area contributed by atoms with Crippen LogP contribution >= 0.6 is 0 Å². The Kier molecular flexibility index (Phi) is 4.81. The maximum Gasteiger partial charge on any atom is 0.323 e. The first kappa shape index (κ1) is 16.1. The molecule has 1 saturated heterocycles. The molecule has 0 aliphatic carbocycles. The van der Waals surface area contributed by atoms with Crippen LogP contribution in [0, 0.1) is 0 Å². The first-order chi connectivity index (χ1) is 11.7. The Morgan fingerprint density at radius 3 is 2.38 bits per heavy atom. The van der Waals surface area contributed by atoms with Gasteiger partial charge in [-0.2, -0.15) is 0 Å². The number of carbonyl (C=O) groups is 1. The first-order valence-electron chi connectivity index (χ1n) is 7.81. The molecule has 0 atom stereocenters. The number of hydrogen-bond acceptors (Lipinski definition) is 5. The minimum absolute atomic E-state index is 0.0412. The fourth-order valence-electron chi connectivity index (χ4n) is 2.63.